The summed E-state index contributed by atoms with van der Waals surface area (Å²) in [6, 6.07) is 39.9. The molecule has 1 aliphatic rings. The predicted octanol–water partition coefficient (Wildman–Crippen LogP) is 11.0. The number of hydrogen-bond acceptors (Lipinski definition) is 2. The van der Waals surface area contributed by atoms with Gasteiger partial charge in [0.2, 0.25) is 5.52 Å². The third-order valence-corrected chi connectivity index (χ3v) is 10.3. The van der Waals surface area contributed by atoms with Crippen molar-refractivity contribution in [3.05, 3.63) is 132 Å². The number of benzene rings is 4. The lowest BCUT2D eigenvalue weighted by Crippen LogP contribution is -2.30. The Kier molecular flexibility index (Phi) is 6.46. The molecule has 0 aliphatic carbocycles. The molecule has 0 radical (unpaired) electrons. The van der Waals surface area contributed by atoms with Crippen LogP contribution in [0.1, 0.15) is 56.2 Å². The highest BCUT2D eigenvalue weighted by molar-refractivity contribution is 7.25. The maximum atomic E-state index is 5.46. The lowest BCUT2D eigenvalue weighted by Gasteiger charge is -2.19. The molecule has 0 unspecified atom stereocenters. The fraction of sp³-hybridized carbons (Fsp3) is 0.171. The van der Waals surface area contributed by atoms with Gasteiger partial charge >= 0.3 is 0 Å². The molecule has 3 heteroatoms. The van der Waals surface area contributed by atoms with Crippen molar-refractivity contribution in [2.75, 3.05) is 0 Å². The van der Waals surface area contributed by atoms with Crippen molar-refractivity contribution < 1.29 is 4.57 Å². The topological polar surface area (TPSA) is 16.8 Å². The van der Waals surface area contributed by atoms with Crippen LogP contribution in [0.4, 0.5) is 0 Å². The predicted molar refractivity (Wildman–Crippen MR) is 186 cm³/mol. The summed E-state index contributed by atoms with van der Waals surface area (Å²) in [5.41, 5.74) is 15.4. The average Bonchev–Trinajstić information content (AvgIpc) is 3.64. The molecule has 0 bridgehead atoms. The number of nitrogens with zero attached hydrogens (tertiary/aromatic N) is 2. The molecule has 2 nitrogen and oxygen atoms in total. The first kappa shape index (κ1) is 27.0. The summed E-state index contributed by atoms with van der Waals surface area (Å²) in [6.45, 7) is 10.1. The van der Waals surface area contributed by atoms with E-state index >= 15 is 0 Å². The van der Waals surface area contributed by atoms with Crippen molar-refractivity contribution in [1.82, 2.24) is 4.98 Å². The van der Waals surface area contributed by atoms with Crippen LogP contribution in [0.2, 0.25) is 0 Å². The summed E-state index contributed by atoms with van der Waals surface area (Å²) >= 11 is 1.85. The minimum Gasteiger partial charge on any atom is -0.237 e. The van der Waals surface area contributed by atoms with E-state index in [9.17, 15) is 0 Å². The Hall–Kier alpha value is -4.60. The third-order valence-electron chi connectivity index (χ3n) is 9.14. The fourth-order valence-electron chi connectivity index (χ4n) is 7.10. The zero-order chi connectivity index (χ0) is 29.9. The van der Waals surface area contributed by atoms with Crippen LogP contribution in [0.25, 0.3) is 65.1 Å². The van der Waals surface area contributed by atoms with Crippen LogP contribution in [-0.4, -0.2) is 4.98 Å². The Balaban J connectivity index is 1.42. The molecular formula is C41H35N2S+. The number of pyridine rings is 2. The van der Waals surface area contributed by atoms with E-state index in [1.54, 1.807) is 0 Å². The van der Waals surface area contributed by atoms with Crippen molar-refractivity contribution in [3.63, 3.8) is 0 Å². The molecule has 214 valence electrons. The van der Waals surface area contributed by atoms with Gasteiger partial charge in [-0.3, -0.25) is 0 Å². The third kappa shape index (κ3) is 4.22. The zero-order valence-corrected chi connectivity index (χ0v) is 26.5. The van der Waals surface area contributed by atoms with Crippen molar-refractivity contribution in [2.45, 2.75) is 46.1 Å². The van der Waals surface area contributed by atoms with E-state index in [0.29, 0.717) is 11.8 Å². The highest BCUT2D eigenvalue weighted by atomic mass is 32.1. The second kappa shape index (κ2) is 10.5. The molecule has 4 aromatic carbocycles. The Labute approximate surface area is 263 Å². The maximum Gasteiger partial charge on any atom is 0.234 e. The summed E-state index contributed by atoms with van der Waals surface area (Å²) in [4.78, 5) is 6.60. The van der Waals surface area contributed by atoms with E-state index in [1.807, 2.05) is 11.3 Å². The summed E-state index contributed by atoms with van der Waals surface area (Å²) in [7, 11) is 0. The van der Waals surface area contributed by atoms with Gasteiger partial charge in [-0.25, -0.2) is 4.98 Å². The van der Waals surface area contributed by atoms with Crippen LogP contribution in [0.5, 0.6) is 0 Å². The van der Waals surface area contributed by atoms with Gasteiger partial charge in [0.05, 0.1) is 11.1 Å². The van der Waals surface area contributed by atoms with Gasteiger partial charge in [-0.1, -0.05) is 125 Å². The molecule has 8 rings (SSSR count). The van der Waals surface area contributed by atoms with Crippen molar-refractivity contribution >= 4 is 31.8 Å². The minimum atomic E-state index is 0.424. The highest BCUT2D eigenvalue weighted by Gasteiger charge is 2.32. The van der Waals surface area contributed by atoms with Gasteiger partial charge in [-0.05, 0) is 56.8 Å². The molecule has 1 aliphatic heterocycles. The van der Waals surface area contributed by atoms with Gasteiger partial charge < -0.3 is 0 Å². The van der Waals surface area contributed by atoms with Crippen LogP contribution in [0, 0.1) is 0 Å². The van der Waals surface area contributed by atoms with Gasteiger partial charge in [0.15, 0.2) is 12.7 Å². The number of thiophene rings is 1. The van der Waals surface area contributed by atoms with E-state index in [1.165, 1.54) is 71.2 Å². The van der Waals surface area contributed by atoms with Crippen LogP contribution >= 0.6 is 11.3 Å². The van der Waals surface area contributed by atoms with Crippen LogP contribution in [-0.2, 0) is 6.54 Å². The highest BCUT2D eigenvalue weighted by Crippen LogP contribution is 2.48. The lowest BCUT2D eigenvalue weighted by molar-refractivity contribution is -0.657. The van der Waals surface area contributed by atoms with Gasteiger partial charge in [-0.15, -0.1) is 11.3 Å². The lowest BCUT2D eigenvalue weighted by atomic mass is 9.86. The number of hydrogen-bond donors (Lipinski definition) is 0. The second-order valence-corrected chi connectivity index (χ2v) is 13.6. The van der Waals surface area contributed by atoms with Gasteiger partial charge in [0, 0.05) is 22.8 Å². The smallest absolute Gasteiger partial charge is 0.234 e. The van der Waals surface area contributed by atoms with Crippen molar-refractivity contribution in [1.29, 1.82) is 0 Å². The second-order valence-electron chi connectivity index (χ2n) is 12.6. The molecule has 0 spiro atoms. The molecule has 44 heavy (non-hydrogen) atoms. The van der Waals surface area contributed by atoms with E-state index < -0.39 is 0 Å². The molecular weight excluding hydrogens is 553 g/mol. The van der Waals surface area contributed by atoms with Gasteiger partial charge in [0.25, 0.3) is 0 Å². The first-order valence-electron chi connectivity index (χ1n) is 15.7. The molecule has 0 amide bonds. The largest absolute Gasteiger partial charge is 0.237 e. The summed E-state index contributed by atoms with van der Waals surface area (Å²) < 4.78 is 3.75. The normalized spacial score (nSPS) is 12.4. The molecule has 0 atom stereocenters. The monoisotopic (exact) mass is 587 g/mol. The van der Waals surface area contributed by atoms with E-state index in [-0.39, 0.29) is 0 Å². The maximum absolute atomic E-state index is 5.46. The summed E-state index contributed by atoms with van der Waals surface area (Å²) in [5, 5.41) is 1.32. The molecule has 7 aromatic rings. The van der Waals surface area contributed by atoms with Crippen molar-refractivity contribution in [3.8, 4) is 44.6 Å². The number of aromatic nitrogens is 2. The van der Waals surface area contributed by atoms with Crippen molar-refractivity contribution in [2.24, 2.45) is 0 Å². The Morgan fingerprint density at radius 2 is 1.23 bits per heavy atom. The summed E-state index contributed by atoms with van der Waals surface area (Å²) in [5.74, 6) is 0.849. The van der Waals surface area contributed by atoms with Crippen LogP contribution in [0.3, 0.4) is 0 Å². The molecule has 0 fully saturated rings. The standard InChI is InChI=1S/C41H35N2S/c1-25(2)30-17-11-18-31(26(3)4)38(30)35-23-29-24-43-22-21-34(40-39(43)36(29)41(42-35)44-40)37-32(27-13-7-5-8-14-27)19-12-20-33(37)28-15-9-6-10-16-28/h5-23,25-26H,24H2,1-4H3/q+1. The molecule has 0 saturated carbocycles. The Morgan fingerprint density at radius 1 is 0.636 bits per heavy atom. The minimum absolute atomic E-state index is 0.424. The molecule has 0 saturated heterocycles. The van der Waals surface area contributed by atoms with E-state index in [0.717, 1.165) is 17.1 Å². The molecule has 3 aromatic heterocycles. The SMILES string of the molecule is CC(C)c1cccc(C(C)C)c1-c1cc2c3c(n1)sc1c(-c4c(-c5ccccc5)cccc4-c4ccccc4)cc[n+](c13)C2. The average molecular weight is 588 g/mol. The first-order valence-corrected chi connectivity index (χ1v) is 16.5. The summed E-state index contributed by atoms with van der Waals surface area (Å²) in [6.07, 6.45) is 2.29. The Morgan fingerprint density at radius 3 is 1.82 bits per heavy atom. The quantitative estimate of drug-likeness (QED) is 0.177. The van der Waals surface area contributed by atoms with Crippen LogP contribution < -0.4 is 4.57 Å². The van der Waals surface area contributed by atoms with E-state index in [4.69, 9.17) is 4.98 Å². The van der Waals surface area contributed by atoms with E-state index in [2.05, 4.69) is 148 Å². The Bertz CT molecular complexity index is 2110. The fourth-order valence-corrected chi connectivity index (χ4v) is 8.36. The van der Waals surface area contributed by atoms with Gasteiger partial charge in [0.1, 0.15) is 9.53 Å². The molecule has 0 N–H and O–H groups in total. The number of rotatable bonds is 6. The van der Waals surface area contributed by atoms with Crippen LogP contribution in [0.15, 0.2) is 115 Å². The molecule has 4 heterocycles. The zero-order valence-electron chi connectivity index (χ0n) is 25.6. The first-order chi connectivity index (χ1) is 21.5. The van der Waals surface area contributed by atoms with Gasteiger partial charge in [-0.2, -0.15) is 4.57 Å².